The molecule has 306 valence electrons. The second kappa shape index (κ2) is 43.8. The molecule has 0 aliphatic carbocycles. The molecule has 5 heteroatoms. The van der Waals surface area contributed by atoms with Crippen molar-refractivity contribution in [3.05, 3.63) is 24.3 Å². The van der Waals surface area contributed by atoms with Crippen LogP contribution in [0.1, 0.15) is 245 Å². The highest BCUT2D eigenvalue weighted by Gasteiger charge is 2.16. The van der Waals surface area contributed by atoms with Gasteiger partial charge in [-0.2, -0.15) is 0 Å². The van der Waals surface area contributed by atoms with Gasteiger partial charge >= 0.3 is 11.9 Å². The van der Waals surface area contributed by atoms with Crippen molar-refractivity contribution < 1.29 is 24.2 Å². The molecule has 0 aromatic heterocycles. The van der Waals surface area contributed by atoms with Crippen LogP contribution in [0, 0.1) is 0 Å². The van der Waals surface area contributed by atoms with E-state index >= 15 is 0 Å². The summed E-state index contributed by atoms with van der Waals surface area (Å²) in [5.74, 6) is -0.624. The summed E-state index contributed by atoms with van der Waals surface area (Å²) < 4.78 is 10.6. The Hall–Kier alpha value is -1.62. The molecular formula is C47H88O5. The Labute approximate surface area is 323 Å². The average molecular weight is 733 g/mol. The first-order chi connectivity index (χ1) is 25.6. The van der Waals surface area contributed by atoms with Crippen molar-refractivity contribution in [2.24, 2.45) is 0 Å². The maximum Gasteiger partial charge on any atom is 0.306 e. The highest BCUT2D eigenvalue weighted by molar-refractivity contribution is 5.70. The summed E-state index contributed by atoms with van der Waals surface area (Å²) in [5, 5.41) is 9.58. The third-order valence-corrected chi connectivity index (χ3v) is 10.2. The summed E-state index contributed by atoms with van der Waals surface area (Å²) in [4.78, 5) is 24.3. The predicted octanol–water partition coefficient (Wildman–Crippen LogP) is 14.6. The van der Waals surface area contributed by atoms with E-state index in [2.05, 4.69) is 38.2 Å². The zero-order chi connectivity index (χ0) is 37.8. The van der Waals surface area contributed by atoms with E-state index in [0.29, 0.717) is 12.8 Å². The van der Waals surface area contributed by atoms with Gasteiger partial charge in [-0.3, -0.25) is 9.59 Å². The van der Waals surface area contributed by atoms with Gasteiger partial charge in [0, 0.05) is 12.8 Å². The van der Waals surface area contributed by atoms with E-state index in [1.54, 1.807) is 0 Å². The smallest absolute Gasteiger partial charge is 0.306 e. The number of rotatable bonds is 42. The molecule has 0 unspecified atom stereocenters. The molecule has 1 N–H and O–H groups in total. The Morgan fingerprint density at radius 1 is 0.423 bits per heavy atom. The number of hydrogen-bond acceptors (Lipinski definition) is 5. The number of esters is 2. The molecule has 0 rings (SSSR count). The largest absolute Gasteiger partial charge is 0.462 e. The lowest BCUT2D eigenvalue weighted by Crippen LogP contribution is -2.28. The van der Waals surface area contributed by atoms with Crippen LogP contribution in [0.25, 0.3) is 0 Å². The van der Waals surface area contributed by atoms with E-state index in [9.17, 15) is 14.7 Å². The minimum Gasteiger partial charge on any atom is -0.462 e. The third-order valence-electron chi connectivity index (χ3n) is 10.2. The standard InChI is InChI=1S/C47H88O5/c1-3-5-7-9-11-13-15-17-19-20-21-22-23-24-25-26-28-30-32-34-36-38-40-42-47(50)52-45(43-48)44-51-46(49)41-39-37-35-33-31-29-27-18-16-14-12-10-8-6-4-2/h14,16,34,36,45,48H,3-13,15,17-33,35,37-44H2,1-2H3/b16-14+,36-34+/t45-/m0/s1. The number of carbonyl (C=O) groups is 2. The minimum absolute atomic E-state index is 0.0758. The fourth-order valence-corrected chi connectivity index (χ4v) is 6.73. The molecule has 0 fully saturated rings. The zero-order valence-electron chi connectivity index (χ0n) is 34.8. The molecule has 1 atom stereocenters. The fourth-order valence-electron chi connectivity index (χ4n) is 6.73. The summed E-state index contributed by atoms with van der Waals surface area (Å²) in [6.45, 7) is 4.13. The van der Waals surface area contributed by atoms with E-state index in [0.717, 1.165) is 38.5 Å². The predicted molar refractivity (Wildman–Crippen MR) is 224 cm³/mol. The lowest BCUT2D eigenvalue weighted by molar-refractivity contribution is -0.161. The number of unbranched alkanes of at least 4 members (excludes halogenated alkanes) is 30. The van der Waals surface area contributed by atoms with Gasteiger partial charge in [0.15, 0.2) is 6.10 Å². The molecule has 0 spiro atoms. The zero-order valence-corrected chi connectivity index (χ0v) is 34.8. The number of allylic oxidation sites excluding steroid dienone is 4. The average Bonchev–Trinajstić information content (AvgIpc) is 3.15. The minimum atomic E-state index is -0.785. The number of carbonyl (C=O) groups excluding carboxylic acids is 2. The van der Waals surface area contributed by atoms with Gasteiger partial charge in [0.05, 0.1) is 6.61 Å². The Bertz CT molecular complexity index is 791. The highest BCUT2D eigenvalue weighted by atomic mass is 16.6. The van der Waals surface area contributed by atoms with E-state index in [1.807, 2.05) is 0 Å². The van der Waals surface area contributed by atoms with Crippen LogP contribution >= 0.6 is 0 Å². The van der Waals surface area contributed by atoms with Crippen LogP contribution in [-0.2, 0) is 19.1 Å². The van der Waals surface area contributed by atoms with Crippen molar-refractivity contribution in [2.75, 3.05) is 13.2 Å². The SMILES string of the molecule is CCCCCC/C=C/CCCCCCCCCC(=O)OC[C@H](CO)OC(=O)CCC/C=C/CCCCCCCCCCCCCCCCCCCC. The molecule has 0 aliphatic heterocycles. The molecule has 0 aromatic rings. The van der Waals surface area contributed by atoms with Crippen LogP contribution < -0.4 is 0 Å². The first kappa shape index (κ1) is 50.4. The normalized spacial score (nSPS) is 12.3. The second-order valence-corrected chi connectivity index (χ2v) is 15.5. The molecule has 0 saturated heterocycles. The van der Waals surface area contributed by atoms with Crippen LogP contribution in [0.4, 0.5) is 0 Å². The molecule has 0 bridgehead atoms. The van der Waals surface area contributed by atoms with Gasteiger partial charge in [-0.25, -0.2) is 0 Å². The Kier molecular flexibility index (Phi) is 42.4. The molecule has 0 heterocycles. The van der Waals surface area contributed by atoms with Gasteiger partial charge in [0.25, 0.3) is 0 Å². The molecule has 0 amide bonds. The van der Waals surface area contributed by atoms with Gasteiger partial charge in [-0.05, 0) is 57.8 Å². The van der Waals surface area contributed by atoms with Crippen LogP contribution in [0.3, 0.4) is 0 Å². The van der Waals surface area contributed by atoms with Gasteiger partial charge in [-0.1, -0.05) is 199 Å². The van der Waals surface area contributed by atoms with E-state index in [-0.39, 0.29) is 25.2 Å². The van der Waals surface area contributed by atoms with Gasteiger partial charge in [-0.15, -0.1) is 0 Å². The maximum atomic E-state index is 12.2. The van der Waals surface area contributed by atoms with Crippen molar-refractivity contribution in [3.63, 3.8) is 0 Å². The molecule has 5 nitrogen and oxygen atoms in total. The van der Waals surface area contributed by atoms with Crippen LogP contribution in [0.2, 0.25) is 0 Å². The fraction of sp³-hybridized carbons (Fsp3) is 0.872. The van der Waals surface area contributed by atoms with Crippen molar-refractivity contribution in [1.82, 2.24) is 0 Å². The Morgan fingerprint density at radius 2 is 0.731 bits per heavy atom. The van der Waals surface area contributed by atoms with E-state index in [4.69, 9.17) is 9.47 Å². The summed E-state index contributed by atoms with van der Waals surface area (Å²) in [6.07, 6.45) is 52.7. The van der Waals surface area contributed by atoms with Crippen molar-refractivity contribution in [3.8, 4) is 0 Å². The van der Waals surface area contributed by atoms with Gasteiger partial charge < -0.3 is 14.6 Å². The van der Waals surface area contributed by atoms with Gasteiger partial charge in [0.2, 0.25) is 0 Å². The second-order valence-electron chi connectivity index (χ2n) is 15.5. The molecular weight excluding hydrogens is 645 g/mol. The Morgan fingerprint density at radius 3 is 1.12 bits per heavy atom. The Balaban J connectivity index is 3.51. The lowest BCUT2D eigenvalue weighted by atomic mass is 10.0. The topological polar surface area (TPSA) is 72.8 Å². The van der Waals surface area contributed by atoms with Crippen molar-refractivity contribution in [2.45, 2.75) is 251 Å². The summed E-state index contributed by atoms with van der Waals surface area (Å²) >= 11 is 0. The van der Waals surface area contributed by atoms with E-state index < -0.39 is 6.10 Å². The maximum absolute atomic E-state index is 12.2. The molecule has 0 radical (unpaired) electrons. The monoisotopic (exact) mass is 733 g/mol. The quantitative estimate of drug-likeness (QED) is 0.0384. The highest BCUT2D eigenvalue weighted by Crippen LogP contribution is 2.15. The number of hydrogen-bond donors (Lipinski definition) is 1. The summed E-state index contributed by atoms with van der Waals surface area (Å²) in [7, 11) is 0. The van der Waals surface area contributed by atoms with Crippen LogP contribution in [0.15, 0.2) is 24.3 Å². The third kappa shape index (κ3) is 41.1. The van der Waals surface area contributed by atoms with Crippen LogP contribution in [0.5, 0.6) is 0 Å². The summed E-state index contributed by atoms with van der Waals surface area (Å²) in [5.41, 5.74) is 0. The van der Waals surface area contributed by atoms with Crippen molar-refractivity contribution in [1.29, 1.82) is 0 Å². The number of aliphatic hydroxyl groups is 1. The molecule has 0 aliphatic rings. The molecule has 0 saturated carbocycles. The molecule has 0 aromatic carbocycles. The first-order valence-corrected chi connectivity index (χ1v) is 22.9. The van der Waals surface area contributed by atoms with Crippen molar-refractivity contribution >= 4 is 11.9 Å². The van der Waals surface area contributed by atoms with Gasteiger partial charge in [0.1, 0.15) is 6.61 Å². The number of aliphatic hydroxyl groups excluding tert-OH is 1. The van der Waals surface area contributed by atoms with E-state index in [1.165, 1.54) is 180 Å². The number of ether oxygens (including phenoxy) is 2. The summed E-state index contributed by atoms with van der Waals surface area (Å²) in [6, 6.07) is 0. The van der Waals surface area contributed by atoms with Crippen LogP contribution in [-0.4, -0.2) is 36.4 Å². The lowest BCUT2D eigenvalue weighted by Gasteiger charge is -2.15. The first-order valence-electron chi connectivity index (χ1n) is 22.9. The molecule has 52 heavy (non-hydrogen) atoms.